The van der Waals surface area contributed by atoms with Crippen molar-refractivity contribution >= 4 is 73.4 Å². The van der Waals surface area contributed by atoms with Gasteiger partial charge in [-0.25, -0.2) is 14.4 Å². The standard InChI is InChI=1S/C62H68N6O5/c1-61-34-32-48(66-58(70)63-45-17-6-3-7-18-45)36-44(61)37-52(67-59(71)64-46-19-8-4-9-20-46)57-50-31-29-43(62(50,2)53(38-51(57)61)68-60(72)65-47-21-10-5-11-22-47)16-13-23-54(69)73-35-33-39-24-25-42-27-26-40-14-12-15-41-28-30-49(39)56(42)55(40)41/h3-12,14-15,17-22,24-28,30,43-44,48,50-53,57H,13,16,23,29,31-38H2,1-2H3,(H2,63,66,70)(H2,64,67,71)(H2,65,68,72)/t43-,44-,48?,50-,51-,52?,53?,57-,61-,62+/m0/s1. The maximum atomic E-state index is 14.2. The van der Waals surface area contributed by atoms with Gasteiger partial charge in [0, 0.05) is 48.0 Å². The summed E-state index contributed by atoms with van der Waals surface area (Å²) in [5.74, 6) is 0.811. The zero-order valence-electron chi connectivity index (χ0n) is 42.0. The maximum Gasteiger partial charge on any atom is 0.319 e. The summed E-state index contributed by atoms with van der Waals surface area (Å²) in [5.41, 5.74) is 2.98. The quantitative estimate of drug-likeness (QED) is 0.0502. The Balaban J connectivity index is 0.813. The lowest BCUT2D eigenvalue weighted by atomic mass is 9.42. The van der Waals surface area contributed by atoms with Gasteiger partial charge in [0.2, 0.25) is 0 Å². The third-order valence-electron chi connectivity index (χ3n) is 18.3. The van der Waals surface area contributed by atoms with Gasteiger partial charge in [0.1, 0.15) is 0 Å². The molecule has 0 spiro atoms. The molecular weight excluding hydrogens is 909 g/mol. The first-order valence-corrected chi connectivity index (χ1v) is 26.7. The molecule has 0 aromatic heterocycles. The van der Waals surface area contributed by atoms with Crippen molar-refractivity contribution in [2.24, 2.45) is 40.4 Å². The van der Waals surface area contributed by atoms with E-state index in [9.17, 15) is 19.2 Å². The number of carbonyl (C=O) groups excluding carboxylic acids is 4. The van der Waals surface area contributed by atoms with Gasteiger partial charge in [0.05, 0.1) is 6.61 Å². The van der Waals surface area contributed by atoms with E-state index in [-0.39, 0.29) is 82.6 Å². The number of urea groups is 3. The number of anilines is 3. The Labute approximate surface area is 428 Å². The second kappa shape index (κ2) is 20.4. The summed E-state index contributed by atoms with van der Waals surface area (Å²) < 4.78 is 5.97. The van der Waals surface area contributed by atoms with E-state index in [4.69, 9.17) is 4.74 Å². The summed E-state index contributed by atoms with van der Waals surface area (Å²) in [6.07, 6.45) is 8.55. The van der Waals surface area contributed by atoms with E-state index < -0.39 is 0 Å². The highest BCUT2D eigenvalue weighted by molar-refractivity contribution is 6.23. The van der Waals surface area contributed by atoms with E-state index >= 15 is 0 Å². The SMILES string of the molecule is C[C@]12CCC(NC(=O)Nc3ccccc3)C[C@H]1CC(NC(=O)Nc1ccccc1)[C@@H]1[C@@H]2CC(NC(=O)Nc2ccccc2)[C@]2(C)[C@@H](CCCC(=O)OCCc3ccc4ccc5cccc6ccc3c4c56)CC[C@@H]12. The molecule has 11 rings (SSSR count). The van der Waals surface area contributed by atoms with Crippen LogP contribution in [0.5, 0.6) is 0 Å². The number of para-hydroxylation sites is 3. The minimum atomic E-state index is -0.318. The second-order valence-corrected chi connectivity index (χ2v) is 22.1. The van der Waals surface area contributed by atoms with Crippen LogP contribution in [-0.4, -0.2) is 48.8 Å². The van der Waals surface area contributed by atoms with Crippen LogP contribution in [0.3, 0.4) is 0 Å². The van der Waals surface area contributed by atoms with Crippen molar-refractivity contribution < 1.29 is 23.9 Å². The topological polar surface area (TPSA) is 150 Å². The molecule has 0 saturated heterocycles. The van der Waals surface area contributed by atoms with E-state index in [0.717, 1.165) is 68.4 Å². The summed E-state index contributed by atoms with van der Waals surface area (Å²) in [6, 6.07) is 47.3. The van der Waals surface area contributed by atoms with Gasteiger partial charge in [0.25, 0.3) is 0 Å². The van der Waals surface area contributed by atoms with Gasteiger partial charge < -0.3 is 36.6 Å². The second-order valence-electron chi connectivity index (χ2n) is 22.1. The Kier molecular flexibility index (Phi) is 13.5. The van der Waals surface area contributed by atoms with Crippen LogP contribution < -0.4 is 31.9 Å². The van der Waals surface area contributed by atoms with Gasteiger partial charge in [-0.05, 0) is 172 Å². The molecule has 4 saturated carbocycles. The van der Waals surface area contributed by atoms with Crippen molar-refractivity contribution in [2.75, 3.05) is 22.6 Å². The molecule has 6 amide bonds. The molecule has 0 radical (unpaired) electrons. The number of carbonyl (C=O) groups is 4. The van der Waals surface area contributed by atoms with E-state index in [2.05, 4.69) is 100 Å². The fraction of sp³-hybridized carbons (Fsp3) is 0.387. The van der Waals surface area contributed by atoms with Gasteiger partial charge in [-0.3, -0.25) is 4.79 Å². The summed E-state index contributed by atoms with van der Waals surface area (Å²) in [5, 5.41) is 27.1. The fourth-order valence-electron chi connectivity index (χ4n) is 14.8. The molecule has 7 aromatic rings. The highest BCUT2D eigenvalue weighted by Gasteiger charge is 2.66. The molecule has 10 atom stereocenters. The number of benzene rings is 7. The summed E-state index contributed by atoms with van der Waals surface area (Å²) in [4.78, 5) is 55.1. The molecule has 376 valence electrons. The lowest BCUT2D eigenvalue weighted by Crippen LogP contribution is -2.67. The van der Waals surface area contributed by atoms with Crippen LogP contribution in [0.15, 0.2) is 146 Å². The number of esters is 1. The number of ether oxygens (including phenoxy) is 1. The third kappa shape index (κ3) is 9.66. The van der Waals surface area contributed by atoms with Gasteiger partial charge >= 0.3 is 24.1 Å². The maximum absolute atomic E-state index is 14.2. The highest BCUT2D eigenvalue weighted by Crippen LogP contribution is 2.68. The Hall–Kier alpha value is -7.14. The predicted molar refractivity (Wildman–Crippen MR) is 292 cm³/mol. The monoisotopic (exact) mass is 977 g/mol. The number of hydrogen-bond acceptors (Lipinski definition) is 5. The minimum Gasteiger partial charge on any atom is -0.465 e. The fourth-order valence-corrected chi connectivity index (χ4v) is 14.8. The van der Waals surface area contributed by atoms with Crippen molar-refractivity contribution in [2.45, 2.75) is 103 Å². The van der Waals surface area contributed by atoms with Crippen LogP contribution in [-0.2, 0) is 16.0 Å². The average molecular weight is 977 g/mol. The zero-order valence-corrected chi connectivity index (χ0v) is 42.0. The summed E-state index contributed by atoms with van der Waals surface area (Å²) >= 11 is 0. The third-order valence-corrected chi connectivity index (χ3v) is 18.3. The van der Waals surface area contributed by atoms with Crippen LogP contribution in [0.25, 0.3) is 32.3 Å². The molecule has 4 aliphatic carbocycles. The van der Waals surface area contributed by atoms with Crippen molar-refractivity contribution in [1.29, 1.82) is 0 Å². The molecular formula is C62H68N6O5. The number of hydrogen-bond donors (Lipinski definition) is 6. The number of nitrogens with one attached hydrogen (secondary N) is 6. The van der Waals surface area contributed by atoms with Gasteiger partial charge in [0.15, 0.2) is 0 Å². The first kappa shape index (κ1) is 48.1. The Morgan fingerprint density at radius 1 is 0.575 bits per heavy atom. The zero-order chi connectivity index (χ0) is 50.1. The molecule has 4 aliphatic rings. The Bertz CT molecular complexity index is 3080. The lowest BCUT2D eigenvalue weighted by Gasteiger charge is -2.65. The predicted octanol–water partition coefficient (Wildman–Crippen LogP) is 13.3. The average Bonchev–Trinajstić information content (AvgIpc) is 3.73. The molecule has 11 nitrogen and oxygen atoms in total. The first-order chi connectivity index (χ1) is 35.5. The van der Waals surface area contributed by atoms with Crippen LogP contribution in [0.2, 0.25) is 0 Å². The van der Waals surface area contributed by atoms with Crippen molar-refractivity contribution in [3.63, 3.8) is 0 Å². The van der Waals surface area contributed by atoms with E-state index in [1.807, 2.05) is 91.0 Å². The van der Waals surface area contributed by atoms with Gasteiger partial charge in [-0.2, -0.15) is 0 Å². The van der Waals surface area contributed by atoms with Crippen molar-refractivity contribution in [1.82, 2.24) is 16.0 Å². The van der Waals surface area contributed by atoms with Gasteiger partial charge in [-0.15, -0.1) is 0 Å². The molecule has 3 unspecified atom stereocenters. The normalized spacial score (nSPS) is 27.3. The summed E-state index contributed by atoms with van der Waals surface area (Å²) in [6.45, 7) is 5.15. The molecule has 0 heterocycles. The van der Waals surface area contributed by atoms with E-state index in [1.165, 1.54) is 37.9 Å². The first-order valence-electron chi connectivity index (χ1n) is 26.7. The number of rotatable bonds is 13. The van der Waals surface area contributed by atoms with Crippen molar-refractivity contribution in [3.05, 3.63) is 151 Å². The molecule has 73 heavy (non-hydrogen) atoms. The molecule has 0 aliphatic heterocycles. The van der Waals surface area contributed by atoms with Crippen molar-refractivity contribution in [3.8, 4) is 0 Å². The summed E-state index contributed by atoms with van der Waals surface area (Å²) in [7, 11) is 0. The van der Waals surface area contributed by atoms with Crippen LogP contribution in [0.1, 0.15) is 83.6 Å². The largest absolute Gasteiger partial charge is 0.465 e. The van der Waals surface area contributed by atoms with Crippen LogP contribution in [0, 0.1) is 40.4 Å². The molecule has 4 fully saturated rings. The molecule has 0 bridgehead atoms. The molecule has 6 N–H and O–H groups in total. The smallest absolute Gasteiger partial charge is 0.319 e. The number of amides is 6. The van der Waals surface area contributed by atoms with E-state index in [0.29, 0.717) is 25.9 Å². The number of fused-ring (bicyclic) bond motifs is 5. The Morgan fingerprint density at radius 3 is 1.82 bits per heavy atom. The molecule has 7 aromatic carbocycles. The van der Waals surface area contributed by atoms with Gasteiger partial charge in [-0.1, -0.05) is 123 Å². The lowest BCUT2D eigenvalue weighted by molar-refractivity contribution is -0.144. The van der Waals surface area contributed by atoms with E-state index in [1.54, 1.807) is 0 Å². The molecule has 11 heteroatoms. The Morgan fingerprint density at radius 2 is 1.16 bits per heavy atom. The minimum absolute atomic E-state index is 0.0216. The van der Waals surface area contributed by atoms with Crippen LogP contribution in [0.4, 0.5) is 31.4 Å². The highest BCUT2D eigenvalue weighted by atomic mass is 16.5. The van der Waals surface area contributed by atoms with Crippen LogP contribution >= 0.6 is 0 Å².